The number of allylic oxidation sites excluding steroid dienone is 1. The van der Waals surface area contributed by atoms with Gasteiger partial charge in [0.2, 0.25) is 0 Å². The van der Waals surface area contributed by atoms with Crippen molar-refractivity contribution >= 4 is 6.09 Å². The van der Waals surface area contributed by atoms with Gasteiger partial charge in [0, 0.05) is 14.1 Å². The molecule has 0 saturated heterocycles. The Morgan fingerprint density at radius 1 is 1.24 bits per heavy atom. The average Bonchev–Trinajstić information content (AvgIpc) is 2.56. The topological polar surface area (TPSA) is 51.2 Å². The summed E-state index contributed by atoms with van der Waals surface area (Å²) in [5, 5.41) is 1.66. The van der Waals surface area contributed by atoms with Gasteiger partial charge in [-0.2, -0.15) is 0 Å². The van der Waals surface area contributed by atoms with Crippen molar-refractivity contribution in [2.75, 3.05) is 27.2 Å². The molecule has 1 amide bonds. The zero-order chi connectivity index (χ0) is 18.2. The van der Waals surface area contributed by atoms with Gasteiger partial charge in [0.05, 0.1) is 25.5 Å². The predicted octanol–water partition coefficient (Wildman–Crippen LogP) is 3.36. The smallest absolute Gasteiger partial charge is 0.414 e. The highest BCUT2D eigenvalue weighted by Crippen LogP contribution is 2.15. The Hall–Kier alpha value is -2.47. The first kappa shape index (κ1) is 18.9. The molecule has 1 aromatic carbocycles. The first-order chi connectivity index (χ1) is 11.9. The van der Waals surface area contributed by atoms with Crippen LogP contribution in [0.1, 0.15) is 19.4 Å². The molecule has 0 spiro atoms. The van der Waals surface area contributed by atoms with Crippen molar-refractivity contribution in [3.8, 4) is 5.75 Å². The molecule has 0 bridgehead atoms. The Bertz CT molecular complexity index is 621. The third-order valence-electron chi connectivity index (χ3n) is 3.35. The molecule has 6 nitrogen and oxygen atoms in total. The molecule has 1 heterocycles. The van der Waals surface area contributed by atoms with Gasteiger partial charge in [0.15, 0.2) is 5.76 Å². The summed E-state index contributed by atoms with van der Waals surface area (Å²) in [5.74, 6) is 1.33. The second kappa shape index (κ2) is 9.13. The molecular formula is C19H26N2O4. The zero-order valence-electron chi connectivity index (χ0n) is 15.3. The number of carbonyl (C=O) groups excluding carboxylic acids is 1. The van der Waals surface area contributed by atoms with E-state index in [0.29, 0.717) is 18.9 Å². The molecule has 0 aliphatic carbocycles. The molecule has 0 radical (unpaired) electrons. The molecule has 1 aliphatic rings. The van der Waals surface area contributed by atoms with Crippen molar-refractivity contribution in [1.82, 2.24) is 9.96 Å². The monoisotopic (exact) mass is 346 g/mol. The summed E-state index contributed by atoms with van der Waals surface area (Å²) >= 11 is 0. The summed E-state index contributed by atoms with van der Waals surface area (Å²) in [4.78, 5) is 18.7. The van der Waals surface area contributed by atoms with Gasteiger partial charge >= 0.3 is 6.09 Å². The molecule has 0 saturated carbocycles. The lowest BCUT2D eigenvalue weighted by atomic mass is 10.1. The summed E-state index contributed by atoms with van der Waals surface area (Å²) in [6.45, 7) is 5.16. The van der Waals surface area contributed by atoms with Gasteiger partial charge < -0.3 is 14.4 Å². The number of carbonyl (C=O) groups is 1. The van der Waals surface area contributed by atoms with Crippen molar-refractivity contribution in [3.63, 3.8) is 0 Å². The SMILES string of the molecule is CC(C)Oc1ccc(CCON2C=C(OC(=O)N(C)C)C=CC2)cc1. The summed E-state index contributed by atoms with van der Waals surface area (Å²) in [6.07, 6.45) is 5.86. The van der Waals surface area contributed by atoms with Crippen molar-refractivity contribution < 1.29 is 19.1 Å². The lowest BCUT2D eigenvalue weighted by Gasteiger charge is -2.22. The molecule has 0 unspecified atom stereocenters. The van der Waals surface area contributed by atoms with Crippen molar-refractivity contribution in [2.24, 2.45) is 0 Å². The maximum atomic E-state index is 11.6. The minimum Gasteiger partial charge on any atom is -0.491 e. The van der Waals surface area contributed by atoms with Crippen LogP contribution in [0, 0.1) is 0 Å². The van der Waals surface area contributed by atoms with Crippen LogP contribution in [0.2, 0.25) is 0 Å². The summed E-state index contributed by atoms with van der Waals surface area (Å²) in [7, 11) is 3.28. The minimum absolute atomic E-state index is 0.170. The van der Waals surface area contributed by atoms with E-state index in [-0.39, 0.29) is 6.10 Å². The van der Waals surface area contributed by atoms with Gasteiger partial charge in [-0.25, -0.2) is 4.79 Å². The number of hydrogen-bond acceptors (Lipinski definition) is 5. The molecule has 0 atom stereocenters. The van der Waals surface area contributed by atoms with Crippen LogP contribution in [0.15, 0.2) is 48.4 Å². The average molecular weight is 346 g/mol. The van der Waals surface area contributed by atoms with Crippen LogP contribution in [0.4, 0.5) is 4.79 Å². The normalized spacial score (nSPS) is 13.6. The Morgan fingerprint density at radius 3 is 2.60 bits per heavy atom. The third kappa shape index (κ3) is 6.51. The van der Waals surface area contributed by atoms with E-state index in [4.69, 9.17) is 14.3 Å². The number of rotatable bonds is 7. The Kier molecular flexibility index (Phi) is 6.89. The van der Waals surface area contributed by atoms with Crippen molar-refractivity contribution in [1.29, 1.82) is 0 Å². The molecule has 1 aromatic rings. The van der Waals surface area contributed by atoms with Gasteiger partial charge in [-0.3, -0.25) is 9.90 Å². The van der Waals surface area contributed by atoms with Crippen molar-refractivity contribution in [3.05, 3.63) is 53.9 Å². The fourth-order valence-corrected chi connectivity index (χ4v) is 2.14. The Morgan fingerprint density at radius 2 is 1.96 bits per heavy atom. The van der Waals surface area contributed by atoms with Gasteiger partial charge in [0.25, 0.3) is 0 Å². The molecule has 6 heteroatoms. The third-order valence-corrected chi connectivity index (χ3v) is 3.35. The number of ether oxygens (including phenoxy) is 2. The Labute approximate surface area is 149 Å². The highest BCUT2D eigenvalue weighted by molar-refractivity contribution is 5.68. The van der Waals surface area contributed by atoms with Crippen molar-refractivity contribution in [2.45, 2.75) is 26.4 Å². The molecule has 0 N–H and O–H groups in total. The number of hydrogen-bond donors (Lipinski definition) is 0. The lowest BCUT2D eigenvalue weighted by molar-refractivity contribution is -0.114. The molecule has 0 fully saturated rings. The van der Waals surface area contributed by atoms with Crippen LogP contribution in [-0.4, -0.2) is 49.4 Å². The van der Waals surface area contributed by atoms with E-state index in [1.807, 2.05) is 44.2 Å². The van der Waals surface area contributed by atoms with Gasteiger partial charge in [-0.05, 0) is 44.0 Å². The Balaban J connectivity index is 1.78. The number of benzene rings is 1. The quantitative estimate of drug-likeness (QED) is 0.758. The van der Waals surface area contributed by atoms with Crippen LogP contribution < -0.4 is 4.74 Å². The first-order valence-electron chi connectivity index (χ1n) is 8.36. The summed E-state index contributed by atoms with van der Waals surface area (Å²) in [6, 6.07) is 8.02. The molecule has 136 valence electrons. The highest BCUT2D eigenvalue weighted by Gasteiger charge is 2.12. The van der Waals surface area contributed by atoms with Gasteiger partial charge in [-0.1, -0.05) is 18.2 Å². The standard InChI is InChI=1S/C19H26N2O4/c1-15(2)24-17-9-7-16(8-10-17)11-13-23-21-12-5-6-18(14-21)25-19(22)20(3)4/h5-10,14-15H,11-13H2,1-4H3. The maximum absolute atomic E-state index is 11.6. The second-order valence-corrected chi connectivity index (χ2v) is 6.19. The van der Waals surface area contributed by atoms with Gasteiger partial charge in [0.1, 0.15) is 5.75 Å². The predicted molar refractivity (Wildman–Crippen MR) is 96.0 cm³/mol. The number of hydroxylamine groups is 2. The second-order valence-electron chi connectivity index (χ2n) is 6.19. The molecule has 25 heavy (non-hydrogen) atoms. The molecule has 2 rings (SSSR count). The van der Waals surface area contributed by atoms with E-state index in [0.717, 1.165) is 12.2 Å². The fraction of sp³-hybridized carbons (Fsp3) is 0.421. The molecule has 0 aromatic heterocycles. The van der Waals surface area contributed by atoms with E-state index in [1.165, 1.54) is 10.5 Å². The minimum atomic E-state index is -0.415. The van der Waals surface area contributed by atoms with Crippen LogP contribution in [0.3, 0.4) is 0 Å². The largest absolute Gasteiger partial charge is 0.491 e. The maximum Gasteiger partial charge on any atom is 0.414 e. The van der Waals surface area contributed by atoms with E-state index in [9.17, 15) is 4.79 Å². The molecular weight excluding hydrogens is 320 g/mol. The van der Waals surface area contributed by atoms with Crippen LogP contribution >= 0.6 is 0 Å². The summed E-state index contributed by atoms with van der Waals surface area (Å²) < 4.78 is 10.8. The number of amides is 1. The highest BCUT2D eigenvalue weighted by atomic mass is 16.7. The zero-order valence-corrected chi connectivity index (χ0v) is 15.3. The lowest BCUT2D eigenvalue weighted by Crippen LogP contribution is -2.26. The van der Waals surface area contributed by atoms with E-state index in [1.54, 1.807) is 31.4 Å². The van der Waals surface area contributed by atoms with Crippen LogP contribution in [0.25, 0.3) is 0 Å². The first-order valence-corrected chi connectivity index (χ1v) is 8.36. The van der Waals surface area contributed by atoms with E-state index < -0.39 is 6.09 Å². The van der Waals surface area contributed by atoms with Gasteiger partial charge in [-0.15, -0.1) is 0 Å². The van der Waals surface area contributed by atoms with E-state index >= 15 is 0 Å². The van der Waals surface area contributed by atoms with Crippen LogP contribution in [0.5, 0.6) is 5.75 Å². The van der Waals surface area contributed by atoms with Crippen LogP contribution in [-0.2, 0) is 16.0 Å². The van der Waals surface area contributed by atoms with E-state index in [2.05, 4.69) is 0 Å². The number of nitrogens with zero attached hydrogens (tertiary/aromatic N) is 2. The molecule has 1 aliphatic heterocycles. The summed E-state index contributed by atoms with van der Waals surface area (Å²) in [5.41, 5.74) is 1.17. The fourth-order valence-electron chi connectivity index (χ4n) is 2.14.